The van der Waals surface area contributed by atoms with Gasteiger partial charge in [0.1, 0.15) is 0 Å². The zero-order valence-electron chi connectivity index (χ0n) is 12.3. The highest BCUT2D eigenvalue weighted by Gasteiger charge is 2.21. The van der Waals surface area contributed by atoms with Crippen molar-refractivity contribution in [2.45, 2.75) is 26.2 Å². The van der Waals surface area contributed by atoms with E-state index >= 15 is 0 Å². The number of non-ortho nitro benzene ring substituents is 1. The van der Waals surface area contributed by atoms with Gasteiger partial charge in [0.15, 0.2) is 0 Å². The first-order chi connectivity index (χ1) is 10.1. The number of anilines is 1. The number of rotatable bonds is 5. The lowest BCUT2D eigenvalue weighted by atomic mass is 10.2. The molecule has 1 amide bonds. The van der Waals surface area contributed by atoms with E-state index in [0.29, 0.717) is 6.42 Å². The van der Waals surface area contributed by atoms with Crippen LogP contribution in [0.5, 0.6) is 0 Å². The number of piperazine rings is 1. The molecular formula is C15H21N3O3. The molecule has 1 aliphatic rings. The topological polar surface area (TPSA) is 66.7 Å². The van der Waals surface area contributed by atoms with Crippen molar-refractivity contribution in [3.63, 3.8) is 0 Å². The molecule has 6 nitrogen and oxygen atoms in total. The molecule has 0 spiro atoms. The largest absolute Gasteiger partial charge is 0.368 e. The number of unbranched alkanes of at least 4 members (excludes halogenated alkanes) is 1. The minimum Gasteiger partial charge on any atom is -0.368 e. The number of nitro benzene ring substituents is 1. The van der Waals surface area contributed by atoms with E-state index in [-0.39, 0.29) is 11.6 Å². The Kier molecular flexibility index (Phi) is 5.14. The maximum atomic E-state index is 12.0. The quantitative estimate of drug-likeness (QED) is 0.617. The van der Waals surface area contributed by atoms with Crippen LogP contribution in [-0.4, -0.2) is 41.9 Å². The van der Waals surface area contributed by atoms with Gasteiger partial charge in [-0.15, -0.1) is 0 Å². The predicted octanol–water partition coefficient (Wildman–Crippen LogP) is 2.43. The summed E-state index contributed by atoms with van der Waals surface area (Å²) in [5.41, 5.74) is 1.08. The molecule has 1 saturated heterocycles. The molecule has 0 bridgehead atoms. The summed E-state index contributed by atoms with van der Waals surface area (Å²) in [5, 5.41) is 10.6. The fourth-order valence-corrected chi connectivity index (χ4v) is 2.49. The van der Waals surface area contributed by atoms with Crippen LogP contribution in [0.2, 0.25) is 0 Å². The van der Waals surface area contributed by atoms with Crippen molar-refractivity contribution in [2.24, 2.45) is 0 Å². The lowest BCUT2D eigenvalue weighted by Gasteiger charge is -2.36. The Balaban J connectivity index is 1.88. The van der Waals surface area contributed by atoms with Gasteiger partial charge in [-0.25, -0.2) is 0 Å². The van der Waals surface area contributed by atoms with Gasteiger partial charge in [0.05, 0.1) is 4.92 Å². The summed E-state index contributed by atoms with van der Waals surface area (Å²) >= 11 is 0. The van der Waals surface area contributed by atoms with Crippen LogP contribution in [0.25, 0.3) is 0 Å². The molecule has 0 aromatic heterocycles. The monoisotopic (exact) mass is 291 g/mol. The molecule has 1 heterocycles. The molecule has 1 aromatic carbocycles. The van der Waals surface area contributed by atoms with Crippen LogP contribution in [0.1, 0.15) is 26.2 Å². The number of hydrogen-bond acceptors (Lipinski definition) is 4. The van der Waals surface area contributed by atoms with Crippen LogP contribution >= 0.6 is 0 Å². The van der Waals surface area contributed by atoms with Crippen molar-refractivity contribution in [3.05, 3.63) is 34.4 Å². The van der Waals surface area contributed by atoms with E-state index in [0.717, 1.165) is 44.7 Å². The van der Waals surface area contributed by atoms with E-state index < -0.39 is 4.92 Å². The van der Waals surface area contributed by atoms with E-state index in [1.807, 2.05) is 4.90 Å². The van der Waals surface area contributed by atoms with Crippen molar-refractivity contribution >= 4 is 17.3 Å². The van der Waals surface area contributed by atoms with Gasteiger partial charge in [0.25, 0.3) is 5.69 Å². The summed E-state index contributed by atoms with van der Waals surface area (Å²) < 4.78 is 0. The average Bonchev–Trinajstić information content (AvgIpc) is 2.53. The Labute approximate surface area is 124 Å². The molecule has 1 aliphatic heterocycles. The minimum atomic E-state index is -0.395. The molecule has 1 fully saturated rings. The van der Waals surface area contributed by atoms with E-state index in [9.17, 15) is 14.9 Å². The summed E-state index contributed by atoms with van der Waals surface area (Å²) in [6.45, 7) is 5.07. The van der Waals surface area contributed by atoms with Gasteiger partial charge in [-0.1, -0.05) is 13.3 Å². The van der Waals surface area contributed by atoms with Crippen molar-refractivity contribution in [2.75, 3.05) is 31.1 Å². The maximum absolute atomic E-state index is 12.0. The Morgan fingerprint density at radius 1 is 1.19 bits per heavy atom. The number of benzene rings is 1. The lowest BCUT2D eigenvalue weighted by molar-refractivity contribution is -0.384. The standard InChI is InChI=1S/C15H21N3O3/c1-2-3-4-15(19)17-11-9-16(10-12-17)13-5-7-14(8-6-13)18(20)21/h5-8H,2-4,9-12H2,1H3. The highest BCUT2D eigenvalue weighted by atomic mass is 16.6. The molecule has 0 radical (unpaired) electrons. The van der Waals surface area contributed by atoms with E-state index in [1.54, 1.807) is 12.1 Å². The van der Waals surface area contributed by atoms with Gasteiger partial charge in [-0.05, 0) is 18.6 Å². The summed E-state index contributed by atoms with van der Waals surface area (Å²) in [6.07, 6.45) is 2.62. The van der Waals surface area contributed by atoms with Crippen molar-refractivity contribution in [3.8, 4) is 0 Å². The molecule has 1 aromatic rings. The second kappa shape index (κ2) is 7.06. The Morgan fingerprint density at radius 3 is 2.33 bits per heavy atom. The molecule has 0 unspecified atom stereocenters. The predicted molar refractivity (Wildman–Crippen MR) is 81.4 cm³/mol. The van der Waals surface area contributed by atoms with Crippen LogP contribution in [0.3, 0.4) is 0 Å². The number of amides is 1. The zero-order valence-corrected chi connectivity index (χ0v) is 12.3. The van der Waals surface area contributed by atoms with E-state index in [2.05, 4.69) is 11.8 Å². The number of nitrogens with zero attached hydrogens (tertiary/aromatic N) is 3. The Hall–Kier alpha value is -2.11. The SMILES string of the molecule is CCCCC(=O)N1CCN(c2ccc([N+](=O)[O-])cc2)CC1. The number of hydrogen-bond donors (Lipinski definition) is 0. The molecule has 114 valence electrons. The van der Waals surface area contributed by atoms with Crippen LogP contribution in [0, 0.1) is 10.1 Å². The second-order valence-electron chi connectivity index (χ2n) is 5.24. The molecule has 6 heteroatoms. The molecule has 21 heavy (non-hydrogen) atoms. The first kappa shape index (κ1) is 15.3. The Morgan fingerprint density at radius 2 is 1.81 bits per heavy atom. The fourth-order valence-electron chi connectivity index (χ4n) is 2.49. The van der Waals surface area contributed by atoms with Gasteiger partial charge < -0.3 is 9.80 Å². The number of carbonyl (C=O) groups excluding carboxylic acids is 1. The molecular weight excluding hydrogens is 270 g/mol. The van der Waals surface area contributed by atoms with Gasteiger partial charge in [0.2, 0.25) is 5.91 Å². The first-order valence-corrected chi connectivity index (χ1v) is 7.39. The van der Waals surface area contributed by atoms with Crippen molar-refractivity contribution < 1.29 is 9.72 Å². The zero-order chi connectivity index (χ0) is 15.2. The second-order valence-corrected chi connectivity index (χ2v) is 5.24. The third kappa shape index (κ3) is 3.93. The lowest BCUT2D eigenvalue weighted by Crippen LogP contribution is -2.48. The summed E-state index contributed by atoms with van der Waals surface area (Å²) in [4.78, 5) is 26.3. The third-order valence-electron chi connectivity index (χ3n) is 3.80. The summed E-state index contributed by atoms with van der Waals surface area (Å²) in [6, 6.07) is 6.58. The molecule has 0 saturated carbocycles. The molecule has 0 N–H and O–H groups in total. The van der Waals surface area contributed by atoms with Gasteiger partial charge >= 0.3 is 0 Å². The maximum Gasteiger partial charge on any atom is 0.269 e. The van der Waals surface area contributed by atoms with E-state index in [4.69, 9.17) is 0 Å². The molecule has 0 aliphatic carbocycles. The van der Waals surface area contributed by atoms with Crippen LogP contribution < -0.4 is 4.90 Å². The van der Waals surface area contributed by atoms with Gasteiger partial charge in [-0.2, -0.15) is 0 Å². The number of carbonyl (C=O) groups is 1. The summed E-state index contributed by atoms with van der Waals surface area (Å²) in [7, 11) is 0. The fraction of sp³-hybridized carbons (Fsp3) is 0.533. The summed E-state index contributed by atoms with van der Waals surface area (Å²) in [5.74, 6) is 0.236. The Bertz CT molecular complexity index is 493. The van der Waals surface area contributed by atoms with Crippen LogP contribution in [0.4, 0.5) is 11.4 Å². The van der Waals surface area contributed by atoms with Gasteiger partial charge in [0, 0.05) is 50.4 Å². The van der Waals surface area contributed by atoms with Gasteiger partial charge in [-0.3, -0.25) is 14.9 Å². The van der Waals surface area contributed by atoms with Crippen molar-refractivity contribution in [1.82, 2.24) is 4.90 Å². The highest BCUT2D eigenvalue weighted by Crippen LogP contribution is 2.20. The minimum absolute atomic E-state index is 0.104. The molecule has 0 atom stereocenters. The van der Waals surface area contributed by atoms with Crippen molar-refractivity contribution in [1.29, 1.82) is 0 Å². The molecule has 2 rings (SSSR count). The van der Waals surface area contributed by atoms with Crippen LogP contribution in [0.15, 0.2) is 24.3 Å². The first-order valence-electron chi connectivity index (χ1n) is 7.39. The van der Waals surface area contributed by atoms with Crippen LogP contribution in [-0.2, 0) is 4.79 Å². The average molecular weight is 291 g/mol. The van der Waals surface area contributed by atoms with E-state index in [1.165, 1.54) is 12.1 Å². The normalized spacial score (nSPS) is 15.1. The number of nitro groups is 1. The highest BCUT2D eigenvalue weighted by molar-refractivity contribution is 5.76. The third-order valence-corrected chi connectivity index (χ3v) is 3.80. The smallest absolute Gasteiger partial charge is 0.269 e.